The first-order chi connectivity index (χ1) is 21.5. The van der Waals surface area contributed by atoms with Crippen LogP contribution < -0.4 is 0 Å². The fraction of sp³-hybridized carbons (Fsp3) is 0.824. The van der Waals surface area contributed by atoms with E-state index in [1.165, 1.54) is 17.5 Å². The highest BCUT2D eigenvalue weighted by atomic mass is 32.2. The van der Waals surface area contributed by atoms with Crippen LogP contribution in [0.5, 0.6) is 0 Å². The van der Waals surface area contributed by atoms with Gasteiger partial charge in [-0.05, 0) is 86.5 Å². The van der Waals surface area contributed by atoms with Crippen LogP contribution in [0.25, 0.3) is 0 Å². The van der Waals surface area contributed by atoms with Gasteiger partial charge in [0.05, 0.1) is 11.9 Å². The Balaban J connectivity index is 1.26. The third kappa shape index (κ3) is 7.29. The number of hydrogen-bond acceptors (Lipinski definition) is 9. The summed E-state index contributed by atoms with van der Waals surface area (Å²) in [5.74, 6) is -1.08. The number of aliphatic imine (C=N–C) groups is 1. The summed E-state index contributed by atoms with van der Waals surface area (Å²) < 4.78 is 35.9. The summed E-state index contributed by atoms with van der Waals surface area (Å²) in [4.78, 5) is 43.8. The van der Waals surface area contributed by atoms with Gasteiger partial charge in [-0.15, -0.1) is 0 Å². The number of fused-ring (bicyclic) bond motifs is 5. The molecule has 3 N–H and O–H groups in total. The third-order valence-corrected chi connectivity index (χ3v) is 12.8. The maximum Gasteiger partial charge on any atom is 0.306 e. The maximum absolute atomic E-state index is 13.5. The van der Waals surface area contributed by atoms with Crippen molar-refractivity contribution in [2.45, 2.75) is 110 Å². The van der Waals surface area contributed by atoms with E-state index in [4.69, 9.17) is 9.29 Å². The highest BCUT2D eigenvalue weighted by Gasteiger charge is 2.68. The number of unbranched alkanes of at least 4 members (excludes halogenated alkanes) is 3. The average molecular weight is 667 g/mol. The van der Waals surface area contributed by atoms with Gasteiger partial charge in [0.25, 0.3) is 10.1 Å². The van der Waals surface area contributed by atoms with Gasteiger partial charge in [0.2, 0.25) is 11.7 Å². The van der Waals surface area contributed by atoms with Crippen LogP contribution >= 0.6 is 0 Å². The molecule has 8 atom stereocenters. The summed E-state index contributed by atoms with van der Waals surface area (Å²) in [6, 6.07) is 0. The Bertz CT molecular complexity index is 1350. The maximum atomic E-state index is 13.5. The number of Topliss-reactive ketones (excluding diaryl/α,β-unsaturated/α-hetero) is 1. The second-order valence-electron chi connectivity index (χ2n) is 14.9. The number of nitrogens with zero attached hydrogens (tertiary/aromatic N) is 2. The average Bonchev–Trinajstić information content (AvgIpc) is 3.26. The first-order valence-corrected chi connectivity index (χ1v) is 18.5. The first kappa shape index (κ1) is 36.7. The summed E-state index contributed by atoms with van der Waals surface area (Å²) in [5.41, 5.74) is -0.141. The fourth-order valence-corrected chi connectivity index (χ4v) is 10.1. The van der Waals surface area contributed by atoms with Gasteiger partial charge in [0, 0.05) is 44.6 Å². The van der Waals surface area contributed by atoms with Gasteiger partial charge in [-0.2, -0.15) is 8.42 Å². The van der Waals surface area contributed by atoms with Crippen LogP contribution in [0.1, 0.15) is 97.8 Å². The minimum Gasteiger partial charge on any atom is -0.458 e. The molecular weight excluding hydrogens is 612 g/mol. The zero-order valence-electron chi connectivity index (χ0n) is 28.2. The molecule has 0 bridgehead atoms. The number of ketones is 1. The lowest BCUT2D eigenvalue weighted by Gasteiger charge is -2.61. The van der Waals surface area contributed by atoms with Gasteiger partial charge in [-0.1, -0.05) is 39.2 Å². The molecule has 46 heavy (non-hydrogen) atoms. The van der Waals surface area contributed by atoms with Gasteiger partial charge < -0.3 is 19.8 Å². The second-order valence-corrected chi connectivity index (χ2v) is 16.4. The number of carbonyl (C=O) groups excluding carboxylic acids is 3. The molecule has 11 nitrogen and oxygen atoms in total. The highest BCUT2D eigenvalue weighted by Crippen LogP contribution is 2.68. The number of rotatable bonds is 13. The van der Waals surface area contributed by atoms with Crippen molar-refractivity contribution in [3.05, 3.63) is 11.6 Å². The second kappa shape index (κ2) is 14.1. The lowest BCUT2D eigenvalue weighted by molar-refractivity contribution is -0.186. The predicted molar refractivity (Wildman–Crippen MR) is 174 cm³/mol. The van der Waals surface area contributed by atoms with E-state index >= 15 is 0 Å². The van der Waals surface area contributed by atoms with Gasteiger partial charge in [0.15, 0.2) is 6.61 Å². The van der Waals surface area contributed by atoms with Crippen molar-refractivity contribution in [2.75, 3.05) is 33.0 Å². The molecule has 0 saturated heterocycles. The standard InChI is InChI=1S/C34H54N2O9S/c1-22-18-24-25-13-15-34(41,33(25,3)20-27(37)31(24)32(2)14-12-23(35-4)19-26(22)32)28(38)21-45-30(40)11-9-7-6-8-10-29(39)36(5)16-17-46(42,43)44/h19,22,24-25,27,31,37,41H,6-18,20-21H2,1-5H3,(H,42,43,44)/t22-,24-,25-,27-,31+,32-,33-,34-/m0/s1. The molecule has 0 aliphatic heterocycles. The van der Waals surface area contributed by atoms with E-state index in [1.54, 1.807) is 0 Å². The largest absolute Gasteiger partial charge is 0.458 e. The SMILES string of the molecule is CN=C1C=C2[C@@H](C)C[C@@H]3[C@H]([C@@H](O)C[C@@]4(C)[C@H]3CC[C@]4(O)C(=O)COC(=O)CCCCCCC(=O)N(C)CCS(=O)(=O)O)[C@@]2(C)CC1. The van der Waals surface area contributed by atoms with Crippen molar-refractivity contribution in [3.63, 3.8) is 0 Å². The molecule has 0 aromatic rings. The van der Waals surface area contributed by atoms with Crippen LogP contribution in [0.2, 0.25) is 0 Å². The summed E-state index contributed by atoms with van der Waals surface area (Å²) in [5, 5.41) is 23.7. The molecule has 0 unspecified atom stereocenters. The number of allylic oxidation sites excluding steroid dienone is 2. The normalized spacial score (nSPS) is 36.3. The summed E-state index contributed by atoms with van der Waals surface area (Å²) >= 11 is 0. The van der Waals surface area contributed by atoms with Gasteiger partial charge in [-0.25, -0.2) is 0 Å². The molecule has 3 fully saturated rings. The van der Waals surface area contributed by atoms with Crippen molar-refractivity contribution in [1.82, 2.24) is 4.90 Å². The monoisotopic (exact) mass is 666 g/mol. The molecule has 0 radical (unpaired) electrons. The highest BCUT2D eigenvalue weighted by molar-refractivity contribution is 7.85. The van der Waals surface area contributed by atoms with Crippen molar-refractivity contribution in [2.24, 2.45) is 39.5 Å². The van der Waals surface area contributed by atoms with Crippen LogP contribution in [-0.4, -0.2) is 96.2 Å². The van der Waals surface area contributed by atoms with Crippen LogP contribution in [-0.2, 0) is 29.2 Å². The molecule has 1 amide bonds. The number of esters is 1. The Morgan fingerprint density at radius 3 is 2.43 bits per heavy atom. The van der Waals surface area contributed by atoms with Crippen LogP contribution in [0.3, 0.4) is 0 Å². The predicted octanol–water partition coefficient (Wildman–Crippen LogP) is 3.77. The topological polar surface area (TPSA) is 171 Å². The summed E-state index contributed by atoms with van der Waals surface area (Å²) in [6.45, 7) is 5.91. The van der Waals surface area contributed by atoms with E-state index in [0.29, 0.717) is 50.9 Å². The minimum atomic E-state index is -4.12. The molecule has 0 aromatic heterocycles. The van der Waals surface area contributed by atoms with Crippen LogP contribution in [0.4, 0.5) is 0 Å². The molecule has 4 aliphatic rings. The summed E-state index contributed by atoms with van der Waals surface area (Å²) in [7, 11) is -0.810. The van der Waals surface area contributed by atoms with Crippen molar-refractivity contribution in [3.8, 4) is 0 Å². The van der Waals surface area contributed by atoms with Gasteiger partial charge in [-0.3, -0.25) is 23.9 Å². The Labute approximate surface area is 274 Å². The number of hydrogen-bond donors (Lipinski definition) is 3. The van der Waals surface area contributed by atoms with E-state index in [1.807, 2.05) is 14.0 Å². The van der Waals surface area contributed by atoms with E-state index in [-0.39, 0.29) is 48.5 Å². The van der Waals surface area contributed by atoms with E-state index in [0.717, 1.165) is 25.0 Å². The zero-order chi connectivity index (χ0) is 34.1. The fourth-order valence-electron chi connectivity index (χ4n) is 9.57. The smallest absolute Gasteiger partial charge is 0.306 e. The number of carbonyl (C=O) groups is 3. The molecule has 4 aliphatic carbocycles. The molecule has 3 saturated carbocycles. The lowest BCUT2D eigenvalue weighted by Crippen LogP contribution is -2.62. The third-order valence-electron chi connectivity index (χ3n) is 12.1. The first-order valence-electron chi connectivity index (χ1n) is 16.9. The molecular formula is C34H54N2O9S. The Morgan fingerprint density at radius 1 is 1.11 bits per heavy atom. The summed E-state index contributed by atoms with van der Waals surface area (Å²) in [6.07, 6.45) is 8.46. The minimum absolute atomic E-state index is 0.0609. The molecule has 0 heterocycles. The van der Waals surface area contributed by atoms with Gasteiger partial charge >= 0.3 is 5.97 Å². The van der Waals surface area contributed by atoms with Crippen LogP contribution in [0, 0.1) is 34.5 Å². The Hall–Kier alpha value is -2.15. The number of aliphatic hydroxyl groups excluding tert-OH is 1. The van der Waals surface area contributed by atoms with Crippen LogP contribution in [0.15, 0.2) is 16.6 Å². The van der Waals surface area contributed by atoms with E-state index in [2.05, 4.69) is 24.9 Å². The Kier molecular flexibility index (Phi) is 11.3. The van der Waals surface area contributed by atoms with Crippen molar-refractivity contribution < 1.29 is 42.3 Å². The molecule has 0 spiro atoms. The Morgan fingerprint density at radius 2 is 1.78 bits per heavy atom. The zero-order valence-corrected chi connectivity index (χ0v) is 29.0. The number of amides is 1. The number of aliphatic hydroxyl groups is 2. The molecule has 12 heteroatoms. The van der Waals surface area contributed by atoms with Crippen molar-refractivity contribution >= 4 is 33.5 Å². The van der Waals surface area contributed by atoms with Crippen molar-refractivity contribution in [1.29, 1.82) is 0 Å². The quantitative estimate of drug-likeness (QED) is 0.150. The lowest BCUT2D eigenvalue weighted by atomic mass is 9.44. The molecule has 0 aromatic carbocycles. The molecule has 4 rings (SSSR count). The van der Waals surface area contributed by atoms with Gasteiger partial charge in [0.1, 0.15) is 5.60 Å². The number of ether oxygens (including phenoxy) is 1. The van der Waals surface area contributed by atoms with E-state index in [9.17, 15) is 33.0 Å². The molecule has 260 valence electrons. The van der Waals surface area contributed by atoms with E-state index < -0.39 is 51.4 Å².